The first-order valence-electron chi connectivity index (χ1n) is 7.23. The first-order valence-corrected chi connectivity index (χ1v) is 7.23. The Bertz CT molecular complexity index is 849. The van der Waals surface area contributed by atoms with Gasteiger partial charge in [-0.1, -0.05) is 54.6 Å². The number of rotatable bonds is 5. The molecule has 0 atom stereocenters. The Morgan fingerprint density at radius 1 is 0.957 bits per heavy atom. The summed E-state index contributed by atoms with van der Waals surface area (Å²) < 4.78 is 5.82. The Labute approximate surface area is 133 Å². The van der Waals surface area contributed by atoms with Crippen molar-refractivity contribution in [1.29, 1.82) is 0 Å². The number of ether oxygens (including phenoxy) is 1. The lowest BCUT2D eigenvalue weighted by atomic mass is 10.1. The van der Waals surface area contributed by atoms with Gasteiger partial charge in [-0.05, 0) is 34.0 Å². The summed E-state index contributed by atoms with van der Waals surface area (Å²) in [6.07, 6.45) is 2.38. The zero-order valence-corrected chi connectivity index (χ0v) is 12.4. The summed E-state index contributed by atoms with van der Waals surface area (Å²) >= 11 is 0. The highest BCUT2D eigenvalue weighted by molar-refractivity contribution is 5.85. The number of hydrogen-bond donors (Lipinski definition) is 0. The minimum Gasteiger partial charge on any atom is -0.489 e. The third kappa shape index (κ3) is 3.74. The molecule has 3 aromatic carbocycles. The van der Waals surface area contributed by atoms with Crippen molar-refractivity contribution in [2.75, 3.05) is 0 Å². The van der Waals surface area contributed by atoms with E-state index in [-0.39, 0.29) is 0 Å². The van der Waals surface area contributed by atoms with Crippen LogP contribution in [0.3, 0.4) is 0 Å². The second-order valence-electron chi connectivity index (χ2n) is 5.10. The normalized spacial score (nSPS) is 11.0. The van der Waals surface area contributed by atoms with Crippen molar-refractivity contribution >= 4 is 16.8 Å². The monoisotopic (exact) mass is 305 g/mol. The highest BCUT2D eigenvalue weighted by Gasteiger charge is 2.01. The van der Waals surface area contributed by atoms with Crippen LogP contribution in [-0.2, 0) is 6.61 Å². The van der Waals surface area contributed by atoms with Crippen molar-refractivity contribution in [3.8, 4) is 5.75 Å². The Hall–Kier alpha value is -3.14. The van der Waals surface area contributed by atoms with Crippen molar-refractivity contribution in [2.24, 2.45) is 0 Å². The molecule has 3 rings (SSSR count). The number of benzene rings is 3. The van der Waals surface area contributed by atoms with Gasteiger partial charge in [0.25, 0.3) is 0 Å². The van der Waals surface area contributed by atoms with E-state index in [0.29, 0.717) is 6.61 Å². The van der Waals surface area contributed by atoms with Gasteiger partial charge >= 0.3 is 0 Å². The molecule has 0 aliphatic heterocycles. The predicted octanol–water partition coefficient (Wildman–Crippen LogP) is 4.67. The minimum atomic E-state index is -0.481. The summed E-state index contributed by atoms with van der Waals surface area (Å²) in [7, 11) is 0. The lowest BCUT2D eigenvalue weighted by molar-refractivity contribution is -0.400. The summed E-state index contributed by atoms with van der Waals surface area (Å²) in [5, 5.41) is 12.7. The van der Waals surface area contributed by atoms with Gasteiger partial charge in [0.15, 0.2) is 0 Å². The molecule has 0 saturated carbocycles. The topological polar surface area (TPSA) is 52.4 Å². The molecule has 0 heterocycles. The molecule has 0 aliphatic rings. The fourth-order valence-electron chi connectivity index (χ4n) is 2.40. The fraction of sp³-hybridized carbons (Fsp3) is 0.0526. The maximum atomic E-state index is 10.3. The van der Waals surface area contributed by atoms with E-state index in [1.165, 1.54) is 16.8 Å². The van der Waals surface area contributed by atoms with E-state index in [9.17, 15) is 10.1 Å². The predicted molar refractivity (Wildman–Crippen MR) is 90.8 cm³/mol. The summed E-state index contributed by atoms with van der Waals surface area (Å²) in [5.74, 6) is 0.733. The van der Waals surface area contributed by atoms with Crippen LogP contribution in [0.15, 0.2) is 72.9 Å². The zero-order valence-electron chi connectivity index (χ0n) is 12.4. The summed E-state index contributed by atoms with van der Waals surface area (Å²) in [5.41, 5.74) is 1.89. The summed E-state index contributed by atoms with van der Waals surface area (Å²) in [6, 6.07) is 21.5. The molecule has 0 fully saturated rings. The maximum Gasteiger partial charge on any atom is 0.235 e. The van der Waals surface area contributed by atoms with Gasteiger partial charge in [0.2, 0.25) is 6.20 Å². The van der Waals surface area contributed by atoms with Gasteiger partial charge in [0, 0.05) is 6.08 Å². The molecule has 0 unspecified atom stereocenters. The minimum absolute atomic E-state index is 0.478. The van der Waals surface area contributed by atoms with Crippen LogP contribution in [0.1, 0.15) is 11.1 Å². The number of hydrogen-bond acceptors (Lipinski definition) is 3. The SMILES string of the molecule is O=[N+]([O-])C=Cc1ccc(OCc2cccc3ccccc23)cc1. The van der Waals surface area contributed by atoms with Gasteiger partial charge < -0.3 is 4.74 Å². The van der Waals surface area contributed by atoms with E-state index in [0.717, 1.165) is 23.1 Å². The lowest BCUT2D eigenvalue weighted by Gasteiger charge is -2.09. The molecule has 4 nitrogen and oxygen atoms in total. The number of nitro groups is 1. The van der Waals surface area contributed by atoms with Gasteiger partial charge in [-0.15, -0.1) is 0 Å². The molecule has 3 aromatic rings. The largest absolute Gasteiger partial charge is 0.489 e. The van der Waals surface area contributed by atoms with Crippen LogP contribution in [0.4, 0.5) is 0 Å². The van der Waals surface area contributed by atoms with E-state index in [1.54, 1.807) is 12.1 Å². The third-order valence-electron chi connectivity index (χ3n) is 3.54. The molecule has 0 N–H and O–H groups in total. The average Bonchev–Trinajstić information content (AvgIpc) is 2.59. The summed E-state index contributed by atoms with van der Waals surface area (Å²) in [4.78, 5) is 9.82. The second-order valence-corrected chi connectivity index (χ2v) is 5.10. The van der Waals surface area contributed by atoms with Gasteiger partial charge in [0.05, 0.1) is 4.92 Å². The van der Waals surface area contributed by atoms with Gasteiger partial charge in [-0.2, -0.15) is 0 Å². The van der Waals surface area contributed by atoms with Crippen LogP contribution in [-0.4, -0.2) is 4.92 Å². The Morgan fingerprint density at radius 2 is 1.70 bits per heavy atom. The van der Waals surface area contributed by atoms with E-state index < -0.39 is 4.92 Å². The highest BCUT2D eigenvalue weighted by atomic mass is 16.6. The maximum absolute atomic E-state index is 10.3. The average molecular weight is 305 g/mol. The molecule has 0 spiro atoms. The first kappa shape index (κ1) is 14.8. The van der Waals surface area contributed by atoms with Gasteiger partial charge in [-0.3, -0.25) is 10.1 Å². The van der Waals surface area contributed by atoms with E-state index in [2.05, 4.69) is 24.3 Å². The Morgan fingerprint density at radius 3 is 2.48 bits per heavy atom. The van der Waals surface area contributed by atoms with Crippen molar-refractivity contribution < 1.29 is 9.66 Å². The van der Waals surface area contributed by atoms with Gasteiger partial charge in [-0.25, -0.2) is 0 Å². The molecule has 0 aromatic heterocycles. The van der Waals surface area contributed by atoms with Crippen molar-refractivity contribution in [1.82, 2.24) is 0 Å². The second kappa shape index (κ2) is 6.75. The Kier molecular flexibility index (Phi) is 4.34. The van der Waals surface area contributed by atoms with Crippen LogP contribution in [0.5, 0.6) is 5.75 Å². The molecular weight excluding hydrogens is 290 g/mol. The van der Waals surface area contributed by atoms with Crippen LogP contribution in [0.2, 0.25) is 0 Å². The molecular formula is C19H15NO3. The molecule has 0 amide bonds. The highest BCUT2D eigenvalue weighted by Crippen LogP contribution is 2.21. The lowest BCUT2D eigenvalue weighted by Crippen LogP contribution is -1.96. The third-order valence-corrected chi connectivity index (χ3v) is 3.54. The summed E-state index contributed by atoms with van der Waals surface area (Å²) in [6.45, 7) is 0.478. The van der Waals surface area contributed by atoms with Crippen LogP contribution in [0, 0.1) is 10.1 Å². The molecule has 0 bridgehead atoms. The fourth-order valence-corrected chi connectivity index (χ4v) is 2.40. The quantitative estimate of drug-likeness (QED) is 0.508. The van der Waals surface area contributed by atoms with Crippen LogP contribution >= 0.6 is 0 Å². The van der Waals surface area contributed by atoms with E-state index in [4.69, 9.17) is 4.74 Å². The van der Waals surface area contributed by atoms with Gasteiger partial charge in [0.1, 0.15) is 12.4 Å². The van der Waals surface area contributed by atoms with Crippen molar-refractivity contribution in [2.45, 2.75) is 6.61 Å². The molecule has 114 valence electrons. The molecule has 4 heteroatoms. The number of fused-ring (bicyclic) bond motifs is 1. The van der Waals surface area contributed by atoms with Crippen molar-refractivity contribution in [3.05, 3.63) is 94.2 Å². The molecule has 0 aliphatic carbocycles. The molecule has 0 saturated heterocycles. The van der Waals surface area contributed by atoms with Crippen LogP contribution in [0.25, 0.3) is 16.8 Å². The molecule has 23 heavy (non-hydrogen) atoms. The van der Waals surface area contributed by atoms with Crippen LogP contribution < -0.4 is 4.74 Å². The smallest absolute Gasteiger partial charge is 0.235 e. The van der Waals surface area contributed by atoms with E-state index in [1.807, 2.05) is 30.3 Å². The first-order chi connectivity index (χ1) is 11.2. The molecule has 0 radical (unpaired) electrons. The number of nitrogens with zero attached hydrogens (tertiary/aromatic N) is 1. The standard InChI is InChI=1S/C19H15NO3/c21-20(22)13-12-15-8-10-18(11-9-15)23-14-17-6-3-5-16-4-1-2-7-19(16)17/h1-13H,14H2. The Balaban J connectivity index is 1.71. The van der Waals surface area contributed by atoms with Crippen molar-refractivity contribution in [3.63, 3.8) is 0 Å². The zero-order chi connectivity index (χ0) is 16.1. The van der Waals surface area contributed by atoms with E-state index >= 15 is 0 Å².